The lowest BCUT2D eigenvalue weighted by atomic mass is 9.94. The molecular formula is C15H30N2. The first kappa shape index (κ1) is 13.4. The molecule has 0 radical (unpaired) electrons. The molecule has 2 nitrogen and oxygen atoms in total. The molecule has 1 saturated carbocycles. The molecule has 1 saturated heterocycles. The van der Waals surface area contributed by atoms with Crippen molar-refractivity contribution >= 4 is 0 Å². The Balaban J connectivity index is 1.81. The van der Waals surface area contributed by atoms with Crippen molar-refractivity contribution in [2.24, 2.45) is 11.7 Å². The van der Waals surface area contributed by atoms with E-state index < -0.39 is 0 Å². The fourth-order valence-electron chi connectivity index (χ4n) is 3.70. The van der Waals surface area contributed by atoms with Crippen molar-refractivity contribution < 1.29 is 0 Å². The molecular weight excluding hydrogens is 208 g/mol. The smallest absolute Gasteiger partial charge is 0.0107 e. The van der Waals surface area contributed by atoms with Crippen LogP contribution in [-0.4, -0.2) is 30.6 Å². The third-order valence-electron chi connectivity index (χ3n) is 4.72. The number of likely N-dealkylation sites (tertiary alicyclic amines) is 1. The molecule has 0 aromatic carbocycles. The third kappa shape index (κ3) is 4.26. The second-order valence-corrected chi connectivity index (χ2v) is 6.08. The molecule has 2 fully saturated rings. The molecule has 0 bridgehead atoms. The fourth-order valence-corrected chi connectivity index (χ4v) is 3.70. The van der Waals surface area contributed by atoms with Gasteiger partial charge in [0, 0.05) is 12.6 Å². The molecule has 2 aliphatic rings. The van der Waals surface area contributed by atoms with Crippen LogP contribution in [0.5, 0.6) is 0 Å². The van der Waals surface area contributed by atoms with Crippen LogP contribution in [0.25, 0.3) is 0 Å². The first-order chi connectivity index (χ1) is 8.40. The summed E-state index contributed by atoms with van der Waals surface area (Å²) in [5.41, 5.74) is 5.75. The standard InChI is InChI=1S/C15H30N2/c16-11-10-15-9-5-6-12-17(15)13-14-7-3-1-2-4-8-14/h14-15H,1-13,16H2. The molecule has 0 aromatic heterocycles. The highest BCUT2D eigenvalue weighted by molar-refractivity contribution is 4.80. The predicted octanol–water partition coefficient (Wildman–Crippen LogP) is 3.16. The monoisotopic (exact) mass is 238 g/mol. The van der Waals surface area contributed by atoms with Gasteiger partial charge >= 0.3 is 0 Å². The molecule has 1 heterocycles. The molecule has 2 N–H and O–H groups in total. The average molecular weight is 238 g/mol. The van der Waals surface area contributed by atoms with Gasteiger partial charge in [0.15, 0.2) is 0 Å². The van der Waals surface area contributed by atoms with Gasteiger partial charge in [-0.15, -0.1) is 0 Å². The Labute approximate surface area is 107 Å². The quantitative estimate of drug-likeness (QED) is 0.762. The topological polar surface area (TPSA) is 29.3 Å². The maximum Gasteiger partial charge on any atom is 0.0107 e. The summed E-state index contributed by atoms with van der Waals surface area (Å²) in [5.74, 6) is 0.982. The summed E-state index contributed by atoms with van der Waals surface area (Å²) in [7, 11) is 0. The van der Waals surface area contributed by atoms with Gasteiger partial charge in [0.25, 0.3) is 0 Å². The predicted molar refractivity (Wildman–Crippen MR) is 74.1 cm³/mol. The van der Waals surface area contributed by atoms with Gasteiger partial charge in [-0.25, -0.2) is 0 Å². The van der Waals surface area contributed by atoms with Gasteiger partial charge in [0.05, 0.1) is 0 Å². The number of rotatable bonds is 4. The normalized spacial score (nSPS) is 29.1. The summed E-state index contributed by atoms with van der Waals surface area (Å²) in [5, 5.41) is 0. The molecule has 0 amide bonds. The van der Waals surface area contributed by atoms with E-state index in [4.69, 9.17) is 5.73 Å². The molecule has 1 aliphatic carbocycles. The van der Waals surface area contributed by atoms with Gasteiger partial charge in [-0.05, 0) is 51.1 Å². The maximum absolute atomic E-state index is 5.75. The van der Waals surface area contributed by atoms with Crippen molar-refractivity contribution in [3.63, 3.8) is 0 Å². The number of piperidine rings is 1. The van der Waals surface area contributed by atoms with Crippen molar-refractivity contribution in [3.8, 4) is 0 Å². The van der Waals surface area contributed by atoms with Crippen LogP contribution in [0.2, 0.25) is 0 Å². The molecule has 17 heavy (non-hydrogen) atoms. The van der Waals surface area contributed by atoms with E-state index in [9.17, 15) is 0 Å². The molecule has 2 rings (SSSR count). The number of nitrogens with two attached hydrogens (primary N) is 1. The van der Waals surface area contributed by atoms with E-state index in [1.165, 1.54) is 77.3 Å². The zero-order chi connectivity index (χ0) is 11.9. The van der Waals surface area contributed by atoms with Crippen LogP contribution in [0, 0.1) is 5.92 Å². The molecule has 0 spiro atoms. The zero-order valence-corrected chi connectivity index (χ0v) is 11.4. The fraction of sp³-hybridized carbons (Fsp3) is 1.00. The Morgan fingerprint density at radius 2 is 1.59 bits per heavy atom. The Kier molecular flexibility index (Phi) is 5.79. The molecule has 100 valence electrons. The van der Waals surface area contributed by atoms with Gasteiger partial charge in [-0.1, -0.05) is 32.1 Å². The molecule has 0 aromatic rings. The van der Waals surface area contributed by atoms with E-state index >= 15 is 0 Å². The minimum absolute atomic E-state index is 0.803. The van der Waals surface area contributed by atoms with Gasteiger partial charge in [-0.2, -0.15) is 0 Å². The second kappa shape index (κ2) is 7.38. The highest BCUT2D eigenvalue weighted by atomic mass is 15.2. The summed E-state index contributed by atoms with van der Waals surface area (Å²) in [4.78, 5) is 2.77. The summed E-state index contributed by atoms with van der Waals surface area (Å²) in [6, 6.07) is 0.803. The van der Waals surface area contributed by atoms with Crippen molar-refractivity contribution in [2.75, 3.05) is 19.6 Å². The third-order valence-corrected chi connectivity index (χ3v) is 4.72. The Bertz CT molecular complexity index is 195. The van der Waals surface area contributed by atoms with Gasteiger partial charge in [0.2, 0.25) is 0 Å². The lowest BCUT2D eigenvalue weighted by Crippen LogP contribution is -2.43. The molecule has 2 heteroatoms. The van der Waals surface area contributed by atoms with Crippen molar-refractivity contribution in [2.45, 2.75) is 70.3 Å². The van der Waals surface area contributed by atoms with Crippen molar-refractivity contribution in [1.82, 2.24) is 4.90 Å². The SMILES string of the molecule is NCCC1CCCCN1CC1CCCCCC1. The van der Waals surface area contributed by atoms with Crippen LogP contribution in [0.3, 0.4) is 0 Å². The minimum Gasteiger partial charge on any atom is -0.330 e. The molecule has 1 unspecified atom stereocenters. The van der Waals surface area contributed by atoms with E-state index in [-0.39, 0.29) is 0 Å². The first-order valence-corrected chi connectivity index (χ1v) is 7.84. The Morgan fingerprint density at radius 3 is 2.29 bits per heavy atom. The van der Waals surface area contributed by atoms with Crippen molar-refractivity contribution in [3.05, 3.63) is 0 Å². The van der Waals surface area contributed by atoms with Crippen LogP contribution in [-0.2, 0) is 0 Å². The highest BCUT2D eigenvalue weighted by Crippen LogP contribution is 2.27. The Hall–Kier alpha value is -0.0800. The molecule has 1 aliphatic heterocycles. The van der Waals surface area contributed by atoms with Crippen LogP contribution < -0.4 is 5.73 Å². The van der Waals surface area contributed by atoms with Gasteiger partial charge < -0.3 is 10.6 Å². The maximum atomic E-state index is 5.75. The number of hydrogen-bond donors (Lipinski definition) is 1. The summed E-state index contributed by atoms with van der Waals surface area (Å²) < 4.78 is 0. The summed E-state index contributed by atoms with van der Waals surface area (Å²) in [6.07, 6.45) is 14.3. The average Bonchev–Trinajstić information content (AvgIpc) is 2.61. The molecule has 1 atom stereocenters. The van der Waals surface area contributed by atoms with E-state index in [2.05, 4.69) is 4.90 Å². The van der Waals surface area contributed by atoms with Gasteiger partial charge in [0.1, 0.15) is 0 Å². The lowest BCUT2D eigenvalue weighted by molar-refractivity contribution is 0.115. The second-order valence-electron chi connectivity index (χ2n) is 6.08. The first-order valence-electron chi connectivity index (χ1n) is 7.84. The van der Waals surface area contributed by atoms with E-state index in [1.807, 2.05) is 0 Å². The Morgan fingerprint density at radius 1 is 0.882 bits per heavy atom. The van der Waals surface area contributed by atoms with E-state index in [0.717, 1.165) is 18.5 Å². The number of hydrogen-bond acceptors (Lipinski definition) is 2. The number of nitrogens with zero attached hydrogens (tertiary/aromatic N) is 1. The highest BCUT2D eigenvalue weighted by Gasteiger charge is 2.24. The minimum atomic E-state index is 0.803. The van der Waals surface area contributed by atoms with Crippen LogP contribution in [0.4, 0.5) is 0 Å². The van der Waals surface area contributed by atoms with Crippen molar-refractivity contribution in [1.29, 1.82) is 0 Å². The largest absolute Gasteiger partial charge is 0.330 e. The lowest BCUT2D eigenvalue weighted by Gasteiger charge is -2.37. The zero-order valence-electron chi connectivity index (χ0n) is 11.4. The van der Waals surface area contributed by atoms with E-state index in [0.29, 0.717) is 0 Å². The van der Waals surface area contributed by atoms with Crippen LogP contribution in [0.1, 0.15) is 64.2 Å². The summed E-state index contributed by atoms with van der Waals surface area (Å²) >= 11 is 0. The van der Waals surface area contributed by atoms with E-state index in [1.54, 1.807) is 0 Å². The van der Waals surface area contributed by atoms with Crippen LogP contribution in [0.15, 0.2) is 0 Å². The summed E-state index contributed by atoms with van der Waals surface area (Å²) in [6.45, 7) is 3.57. The van der Waals surface area contributed by atoms with Crippen LogP contribution >= 0.6 is 0 Å². The van der Waals surface area contributed by atoms with Gasteiger partial charge in [-0.3, -0.25) is 0 Å².